The third-order valence-corrected chi connectivity index (χ3v) is 1.21. The molecule has 0 amide bonds. The van der Waals surface area contributed by atoms with Gasteiger partial charge in [-0.25, -0.2) is 0 Å². The summed E-state index contributed by atoms with van der Waals surface area (Å²) >= 11 is 0. The third-order valence-electron chi connectivity index (χ3n) is 1.21. The predicted molar refractivity (Wildman–Crippen MR) is 100 cm³/mol. The molecule has 0 radical (unpaired) electrons. The van der Waals surface area contributed by atoms with Gasteiger partial charge in [0, 0.05) is 0 Å². The fourth-order valence-electron chi connectivity index (χ4n) is 0.354. The van der Waals surface area contributed by atoms with Crippen LogP contribution in [0.2, 0.25) is 0 Å². The Morgan fingerprint density at radius 3 is 0.737 bits per heavy atom. The molecule has 126 valence electrons. The molecule has 0 saturated heterocycles. The molecule has 0 N–H and O–H groups in total. The first kappa shape index (κ1) is 36.4. The number of rotatable bonds is 3. The Balaban J connectivity index is -0.0000000283. The van der Waals surface area contributed by atoms with Crippen molar-refractivity contribution in [2.24, 2.45) is 5.92 Å². The molecule has 0 aliphatic rings. The van der Waals surface area contributed by atoms with E-state index in [4.69, 9.17) is 0 Å². The van der Waals surface area contributed by atoms with Gasteiger partial charge in [-0.2, -0.15) is 0 Å². The molecule has 0 heteroatoms. The highest BCUT2D eigenvalue weighted by Gasteiger charge is 1.68. The van der Waals surface area contributed by atoms with E-state index in [9.17, 15) is 0 Å². The van der Waals surface area contributed by atoms with Crippen molar-refractivity contribution in [2.75, 3.05) is 0 Å². The average molecular weight is 279 g/mol. The van der Waals surface area contributed by atoms with Crippen LogP contribution in [0.25, 0.3) is 0 Å². The van der Waals surface area contributed by atoms with Gasteiger partial charge in [-0.1, -0.05) is 122 Å². The van der Waals surface area contributed by atoms with Crippen LogP contribution in [0.4, 0.5) is 0 Å². The van der Waals surface area contributed by atoms with Gasteiger partial charge in [0.15, 0.2) is 0 Å². The number of hydrogen-bond donors (Lipinski definition) is 0. The van der Waals surface area contributed by atoms with Gasteiger partial charge >= 0.3 is 0 Å². The summed E-state index contributed by atoms with van der Waals surface area (Å²) in [5, 5.41) is 0. The standard InChI is InChI=1S/C5H12.2C4H10.C3H8.C2H6.CH4/c1-3-5-4-2;1-4(2)3;1-3-4-2;1-3-2;1-2;/h3-5H2,1-2H3;4H,1-3H3;3-4H2,1-2H3;3H2,1-2H3;1-2H3;1H4. The largest absolute Gasteiger partial charge is 0.0776 e. The van der Waals surface area contributed by atoms with Gasteiger partial charge in [0.25, 0.3) is 0 Å². The molecule has 0 bridgehead atoms. The zero-order valence-corrected chi connectivity index (χ0v) is 15.8. The molecular formula is C19H50. The molecule has 0 spiro atoms. The zero-order valence-electron chi connectivity index (χ0n) is 15.8. The molecule has 0 fully saturated rings. The van der Waals surface area contributed by atoms with E-state index in [1.54, 1.807) is 0 Å². The van der Waals surface area contributed by atoms with Crippen LogP contribution in [0.3, 0.4) is 0 Å². The quantitative estimate of drug-likeness (QED) is 0.484. The van der Waals surface area contributed by atoms with Gasteiger partial charge in [-0.3, -0.25) is 0 Å². The highest BCUT2D eigenvalue weighted by Crippen LogP contribution is 1.88. The summed E-state index contributed by atoms with van der Waals surface area (Å²) in [6, 6.07) is 0. The van der Waals surface area contributed by atoms with Crippen LogP contribution < -0.4 is 0 Å². The van der Waals surface area contributed by atoms with E-state index in [0.29, 0.717) is 0 Å². The Bertz CT molecular complexity index is 48.3. The SMILES string of the molecule is C.CC.CC(C)C.CCC.CCCC.CCCCC. The number of hydrogen-bond acceptors (Lipinski definition) is 0. The van der Waals surface area contributed by atoms with Crippen molar-refractivity contribution < 1.29 is 0 Å². The molecular weight excluding hydrogens is 228 g/mol. The minimum absolute atomic E-state index is 0. The molecule has 19 heavy (non-hydrogen) atoms. The molecule has 0 unspecified atom stereocenters. The second-order valence-corrected chi connectivity index (χ2v) is 4.79. The van der Waals surface area contributed by atoms with Crippen molar-refractivity contribution in [1.82, 2.24) is 0 Å². The molecule has 0 rings (SSSR count). The van der Waals surface area contributed by atoms with Crippen LogP contribution >= 0.6 is 0 Å². The van der Waals surface area contributed by atoms with Gasteiger partial charge in [0.1, 0.15) is 0 Å². The predicted octanol–water partition coefficient (Wildman–Crippen LogP) is 8.74. The van der Waals surface area contributed by atoms with Crippen LogP contribution in [-0.4, -0.2) is 0 Å². The molecule has 0 aromatic carbocycles. The van der Waals surface area contributed by atoms with E-state index in [1.807, 2.05) is 13.8 Å². The lowest BCUT2D eigenvalue weighted by atomic mass is 10.3. The van der Waals surface area contributed by atoms with E-state index >= 15 is 0 Å². The Kier molecular flexibility index (Phi) is 123. The normalized spacial score (nSPS) is 6.95. The summed E-state index contributed by atoms with van der Waals surface area (Å²) < 4.78 is 0. The smallest absolute Gasteiger partial charge is 0.0500 e. The molecule has 0 atom stereocenters. The Morgan fingerprint density at radius 2 is 0.737 bits per heavy atom. The molecule has 0 aliphatic heterocycles. The summed E-state index contributed by atoms with van der Waals surface area (Å²) in [4.78, 5) is 0. The van der Waals surface area contributed by atoms with Crippen molar-refractivity contribution in [1.29, 1.82) is 0 Å². The maximum atomic E-state index is 2.21. The summed E-state index contributed by atoms with van der Waals surface area (Å²) in [5.41, 5.74) is 0. The van der Waals surface area contributed by atoms with Crippen LogP contribution in [0.15, 0.2) is 0 Å². The summed E-state index contributed by atoms with van der Waals surface area (Å²) in [7, 11) is 0. The molecule has 0 aromatic rings. The van der Waals surface area contributed by atoms with Crippen LogP contribution in [-0.2, 0) is 0 Å². The van der Waals surface area contributed by atoms with Gasteiger partial charge in [0.2, 0.25) is 0 Å². The van der Waals surface area contributed by atoms with E-state index in [2.05, 4.69) is 62.3 Å². The fourth-order valence-corrected chi connectivity index (χ4v) is 0.354. The second kappa shape index (κ2) is 64.2. The highest BCUT2D eigenvalue weighted by molar-refractivity contribution is 4.24. The minimum atomic E-state index is 0. The minimum Gasteiger partial charge on any atom is -0.0776 e. The van der Waals surface area contributed by atoms with Crippen molar-refractivity contribution in [3.05, 3.63) is 0 Å². The number of unbranched alkanes of at least 4 members (excludes halogenated alkanes) is 3. The van der Waals surface area contributed by atoms with Crippen LogP contribution in [0.5, 0.6) is 0 Å². The monoisotopic (exact) mass is 278 g/mol. The van der Waals surface area contributed by atoms with E-state index in [0.717, 1.165) is 5.92 Å². The van der Waals surface area contributed by atoms with E-state index < -0.39 is 0 Å². The first-order valence-electron chi connectivity index (χ1n) is 8.47. The molecule has 0 nitrogen and oxygen atoms in total. The first-order chi connectivity index (χ1) is 8.47. The van der Waals surface area contributed by atoms with Gasteiger partial charge in [-0.15, -0.1) is 0 Å². The van der Waals surface area contributed by atoms with Gasteiger partial charge < -0.3 is 0 Å². The highest BCUT2D eigenvalue weighted by atomic mass is 13.7. The molecule has 0 aliphatic carbocycles. The van der Waals surface area contributed by atoms with Gasteiger partial charge in [0.05, 0.1) is 0 Å². The van der Waals surface area contributed by atoms with E-state index in [1.165, 1.54) is 38.5 Å². The average Bonchev–Trinajstić information content (AvgIpc) is 2.33. The molecule has 0 heterocycles. The molecule has 0 saturated carbocycles. The Hall–Kier alpha value is 0. The van der Waals surface area contributed by atoms with Crippen molar-refractivity contribution in [3.63, 3.8) is 0 Å². The topological polar surface area (TPSA) is 0 Å². The van der Waals surface area contributed by atoms with Crippen molar-refractivity contribution >= 4 is 0 Å². The van der Waals surface area contributed by atoms with Crippen LogP contribution in [0.1, 0.15) is 122 Å². The third kappa shape index (κ3) is 512. The maximum absolute atomic E-state index is 2.21. The second-order valence-electron chi connectivity index (χ2n) is 4.79. The summed E-state index contributed by atoms with van der Waals surface area (Å²) in [6.07, 6.45) is 7.97. The summed E-state index contributed by atoms with van der Waals surface area (Å²) in [5.74, 6) is 0.833. The maximum Gasteiger partial charge on any atom is -0.0500 e. The Labute approximate surface area is 128 Å². The lowest BCUT2D eigenvalue weighted by molar-refractivity contribution is 0.737. The lowest BCUT2D eigenvalue weighted by Gasteiger charge is -1.79. The summed E-state index contributed by atoms with van der Waals surface area (Å²) in [6.45, 7) is 23.5. The molecule has 0 aromatic heterocycles. The van der Waals surface area contributed by atoms with Gasteiger partial charge in [-0.05, 0) is 5.92 Å². The lowest BCUT2D eigenvalue weighted by Crippen LogP contribution is -1.66. The first-order valence-corrected chi connectivity index (χ1v) is 8.47. The van der Waals surface area contributed by atoms with Crippen molar-refractivity contribution in [2.45, 2.75) is 122 Å². The van der Waals surface area contributed by atoms with E-state index in [-0.39, 0.29) is 7.43 Å². The zero-order chi connectivity index (χ0) is 15.8. The van der Waals surface area contributed by atoms with Crippen molar-refractivity contribution in [3.8, 4) is 0 Å². The fraction of sp³-hybridized carbons (Fsp3) is 1.00. The van der Waals surface area contributed by atoms with Crippen LogP contribution in [0, 0.1) is 5.92 Å². The Morgan fingerprint density at radius 1 is 0.579 bits per heavy atom.